The molecular weight excluding hydrogens is 342 g/mol. The maximum Gasteiger partial charge on any atom is 0.309 e. The fourth-order valence-corrected chi connectivity index (χ4v) is 3.58. The number of amides is 1. The van der Waals surface area contributed by atoms with Crippen LogP contribution in [0, 0.1) is 0 Å². The number of fused-ring (bicyclic) bond motifs is 1. The quantitative estimate of drug-likeness (QED) is 0.849. The highest BCUT2D eigenvalue weighted by atomic mass is 16.6. The zero-order valence-electron chi connectivity index (χ0n) is 14.8. The first kappa shape index (κ1) is 17.5. The number of rotatable bonds is 4. The lowest BCUT2D eigenvalue weighted by Crippen LogP contribution is -2.53. The Bertz CT molecular complexity index is 834. The van der Waals surface area contributed by atoms with Crippen LogP contribution in [0.5, 0.6) is 0 Å². The Hall–Kier alpha value is -2.92. The van der Waals surface area contributed by atoms with E-state index in [0.29, 0.717) is 12.0 Å². The summed E-state index contributed by atoms with van der Waals surface area (Å²) in [6, 6.07) is 18.7. The average molecular weight is 363 g/mol. The van der Waals surface area contributed by atoms with Crippen LogP contribution in [0.1, 0.15) is 28.8 Å². The van der Waals surface area contributed by atoms with Gasteiger partial charge >= 0.3 is 5.97 Å². The molecule has 2 saturated heterocycles. The zero-order valence-corrected chi connectivity index (χ0v) is 14.8. The molecule has 1 N–H and O–H groups in total. The van der Waals surface area contributed by atoms with E-state index in [4.69, 9.17) is 9.47 Å². The first-order valence-corrected chi connectivity index (χ1v) is 9.13. The molecule has 0 aliphatic carbocycles. The molecular formula is C22H21NO4. The predicted molar refractivity (Wildman–Crippen MR) is 101 cm³/mol. The second-order valence-electron chi connectivity index (χ2n) is 6.82. The molecule has 27 heavy (non-hydrogen) atoms. The van der Waals surface area contributed by atoms with Gasteiger partial charge < -0.3 is 14.8 Å². The standard InChI is InChI=1S/C22H21NO4/c24-20-14-19-21(27-20)18(23-22(25)16-9-5-2-6-10-16)13-17(26-19)12-11-15-7-3-1-4-8-15/h1-12,17-19,21H,13-14H2,(H,23,25)/b12-11+/t17-,18+,19+,21+/m0/s1. The number of esters is 1. The lowest BCUT2D eigenvalue weighted by Gasteiger charge is -2.36. The molecule has 0 spiro atoms. The van der Waals surface area contributed by atoms with E-state index in [0.717, 1.165) is 5.56 Å². The number of benzene rings is 2. The smallest absolute Gasteiger partial charge is 0.309 e. The van der Waals surface area contributed by atoms with Gasteiger partial charge in [-0.2, -0.15) is 0 Å². The summed E-state index contributed by atoms with van der Waals surface area (Å²) in [5.41, 5.74) is 1.66. The third-order valence-electron chi connectivity index (χ3n) is 4.89. The molecule has 2 heterocycles. The van der Waals surface area contributed by atoms with Gasteiger partial charge in [0.25, 0.3) is 5.91 Å². The lowest BCUT2D eigenvalue weighted by molar-refractivity contribution is -0.146. The van der Waals surface area contributed by atoms with E-state index in [-0.39, 0.29) is 36.5 Å². The molecule has 0 unspecified atom stereocenters. The fourth-order valence-electron chi connectivity index (χ4n) is 3.58. The summed E-state index contributed by atoms with van der Waals surface area (Å²) in [6.07, 6.45) is 3.79. The highest BCUT2D eigenvalue weighted by Gasteiger charge is 2.46. The van der Waals surface area contributed by atoms with Gasteiger partial charge in [0.05, 0.1) is 18.6 Å². The van der Waals surface area contributed by atoms with Crippen molar-refractivity contribution in [2.75, 3.05) is 0 Å². The van der Waals surface area contributed by atoms with Crippen LogP contribution in [0.3, 0.4) is 0 Å². The van der Waals surface area contributed by atoms with Gasteiger partial charge in [-0.25, -0.2) is 0 Å². The van der Waals surface area contributed by atoms with Gasteiger partial charge in [0.1, 0.15) is 12.2 Å². The number of hydrogen-bond acceptors (Lipinski definition) is 4. The minimum atomic E-state index is -0.438. The van der Waals surface area contributed by atoms with Crippen molar-refractivity contribution in [1.29, 1.82) is 0 Å². The van der Waals surface area contributed by atoms with Crippen molar-refractivity contribution in [2.24, 2.45) is 0 Å². The van der Waals surface area contributed by atoms with E-state index in [9.17, 15) is 9.59 Å². The molecule has 2 aromatic carbocycles. The maximum absolute atomic E-state index is 12.6. The Labute approximate surface area is 158 Å². The van der Waals surface area contributed by atoms with Crippen molar-refractivity contribution in [3.05, 3.63) is 77.9 Å². The molecule has 0 bridgehead atoms. The number of ether oxygens (including phenoxy) is 2. The van der Waals surface area contributed by atoms with Crippen molar-refractivity contribution < 1.29 is 19.1 Å². The van der Waals surface area contributed by atoms with Crippen LogP contribution in [0.25, 0.3) is 6.08 Å². The van der Waals surface area contributed by atoms with Crippen molar-refractivity contribution in [2.45, 2.75) is 37.2 Å². The molecule has 1 amide bonds. The predicted octanol–water partition coefficient (Wildman–Crippen LogP) is 2.97. The normalized spacial score (nSPS) is 27.2. The topological polar surface area (TPSA) is 64.6 Å². The van der Waals surface area contributed by atoms with Gasteiger partial charge in [-0.3, -0.25) is 9.59 Å². The monoisotopic (exact) mass is 363 g/mol. The van der Waals surface area contributed by atoms with Crippen molar-refractivity contribution in [3.8, 4) is 0 Å². The number of carbonyl (C=O) groups is 2. The Balaban J connectivity index is 1.49. The van der Waals surface area contributed by atoms with Crippen molar-refractivity contribution in [1.82, 2.24) is 5.32 Å². The maximum atomic E-state index is 12.6. The molecule has 4 rings (SSSR count). The number of carbonyl (C=O) groups excluding carboxylic acids is 2. The molecule has 2 aliphatic rings. The highest BCUT2D eigenvalue weighted by molar-refractivity contribution is 5.94. The van der Waals surface area contributed by atoms with Crippen LogP contribution in [-0.4, -0.2) is 36.2 Å². The Morgan fingerprint density at radius 3 is 2.48 bits per heavy atom. The van der Waals surface area contributed by atoms with Gasteiger partial charge in [0.2, 0.25) is 0 Å². The molecule has 2 aliphatic heterocycles. The molecule has 2 aromatic rings. The van der Waals surface area contributed by atoms with Crippen molar-refractivity contribution >= 4 is 18.0 Å². The van der Waals surface area contributed by atoms with E-state index in [2.05, 4.69) is 5.32 Å². The highest BCUT2D eigenvalue weighted by Crippen LogP contribution is 2.31. The summed E-state index contributed by atoms with van der Waals surface area (Å²) < 4.78 is 11.5. The summed E-state index contributed by atoms with van der Waals surface area (Å²) in [5.74, 6) is -0.452. The van der Waals surface area contributed by atoms with Crippen LogP contribution in [0.4, 0.5) is 0 Å². The Kier molecular flexibility index (Phi) is 5.03. The first-order chi connectivity index (χ1) is 13.2. The minimum absolute atomic E-state index is 0.171. The molecule has 0 aromatic heterocycles. The van der Waals surface area contributed by atoms with E-state index in [1.54, 1.807) is 12.1 Å². The minimum Gasteiger partial charge on any atom is -0.457 e. The molecule has 138 valence electrons. The van der Waals surface area contributed by atoms with E-state index in [1.165, 1.54) is 0 Å². The molecule has 0 saturated carbocycles. The van der Waals surface area contributed by atoms with Crippen molar-refractivity contribution in [3.63, 3.8) is 0 Å². The van der Waals surface area contributed by atoms with Crippen LogP contribution in [0.2, 0.25) is 0 Å². The van der Waals surface area contributed by atoms with Gasteiger partial charge in [-0.1, -0.05) is 60.7 Å². The second-order valence-corrected chi connectivity index (χ2v) is 6.82. The van der Waals surface area contributed by atoms with E-state index < -0.39 is 6.10 Å². The van der Waals surface area contributed by atoms with Crippen LogP contribution in [-0.2, 0) is 14.3 Å². The first-order valence-electron chi connectivity index (χ1n) is 9.13. The largest absolute Gasteiger partial charge is 0.457 e. The van der Waals surface area contributed by atoms with Gasteiger partial charge in [0.15, 0.2) is 0 Å². The average Bonchev–Trinajstić information content (AvgIpc) is 3.08. The van der Waals surface area contributed by atoms with Gasteiger partial charge in [-0.05, 0) is 17.7 Å². The van der Waals surface area contributed by atoms with Gasteiger partial charge in [-0.15, -0.1) is 0 Å². The SMILES string of the molecule is O=C1C[C@H]2O[C@@H](/C=C/c3ccccc3)C[C@@H](NC(=O)c3ccccc3)[C@H]2O1. The third-order valence-corrected chi connectivity index (χ3v) is 4.89. The summed E-state index contributed by atoms with van der Waals surface area (Å²) in [5, 5.41) is 3.03. The number of nitrogens with one attached hydrogen (secondary N) is 1. The van der Waals surface area contributed by atoms with Crippen LogP contribution < -0.4 is 5.32 Å². The van der Waals surface area contributed by atoms with E-state index >= 15 is 0 Å². The second kappa shape index (κ2) is 7.76. The fraction of sp³-hybridized carbons (Fsp3) is 0.273. The molecule has 4 atom stereocenters. The zero-order chi connectivity index (χ0) is 18.6. The summed E-state index contributed by atoms with van der Waals surface area (Å²) in [7, 11) is 0. The molecule has 5 heteroatoms. The molecule has 2 fully saturated rings. The van der Waals surface area contributed by atoms with Crippen LogP contribution in [0.15, 0.2) is 66.7 Å². The van der Waals surface area contributed by atoms with Gasteiger partial charge in [0, 0.05) is 12.0 Å². The lowest BCUT2D eigenvalue weighted by atomic mass is 9.94. The molecule has 0 radical (unpaired) electrons. The Morgan fingerprint density at radius 2 is 1.74 bits per heavy atom. The molecule has 5 nitrogen and oxygen atoms in total. The Morgan fingerprint density at radius 1 is 1.04 bits per heavy atom. The summed E-state index contributed by atoms with van der Waals surface area (Å²) >= 11 is 0. The third kappa shape index (κ3) is 4.09. The summed E-state index contributed by atoms with van der Waals surface area (Å²) in [6.45, 7) is 0. The summed E-state index contributed by atoms with van der Waals surface area (Å²) in [4.78, 5) is 24.3. The van der Waals surface area contributed by atoms with E-state index in [1.807, 2.05) is 60.7 Å². The number of hydrogen-bond donors (Lipinski definition) is 1. The van der Waals surface area contributed by atoms with Crippen LogP contribution >= 0.6 is 0 Å².